The van der Waals surface area contributed by atoms with Gasteiger partial charge in [0.2, 0.25) is 5.95 Å². The fraction of sp³-hybridized carbons (Fsp3) is 0.450. The molecule has 0 bridgehead atoms. The van der Waals surface area contributed by atoms with Crippen LogP contribution in [0.1, 0.15) is 18.2 Å². The standard InChI is InChI=1S/C20H27F3N6O2.HI/c1-5-24-19(29(2)13-14-6-7-15(30-3)12-16(14)31-4)27-11-10-26-18-25-9-8-17(28-18)20(21,22)23;/h6-9,12H,5,10-11,13H2,1-4H3,(H,24,27)(H,25,26,28);1H. The summed E-state index contributed by atoms with van der Waals surface area (Å²) < 4.78 is 48.9. The SMILES string of the molecule is CCNC(=NCCNc1nccc(C(F)(F)F)n1)N(C)Cc1ccc(OC)cc1OC.I. The van der Waals surface area contributed by atoms with Crippen LogP contribution in [0.2, 0.25) is 0 Å². The third-order valence-corrected chi connectivity index (χ3v) is 4.20. The van der Waals surface area contributed by atoms with Crippen LogP contribution in [0.3, 0.4) is 0 Å². The largest absolute Gasteiger partial charge is 0.497 e. The lowest BCUT2D eigenvalue weighted by Crippen LogP contribution is -2.38. The van der Waals surface area contributed by atoms with Crippen molar-refractivity contribution in [1.82, 2.24) is 20.2 Å². The first-order valence-corrected chi connectivity index (χ1v) is 9.63. The van der Waals surface area contributed by atoms with E-state index in [4.69, 9.17) is 9.47 Å². The Morgan fingerprint density at radius 3 is 2.56 bits per heavy atom. The molecule has 0 saturated carbocycles. The Bertz CT molecular complexity index is 883. The van der Waals surface area contributed by atoms with E-state index in [2.05, 4.69) is 25.6 Å². The van der Waals surface area contributed by atoms with Crippen LogP contribution in [0.25, 0.3) is 0 Å². The number of alkyl halides is 3. The van der Waals surface area contributed by atoms with Gasteiger partial charge in [-0.05, 0) is 25.1 Å². The maximum absolute atomic E-state index is 12.7. The van der Waals surface area contributed by atoms with Gasteiger partial charge in [-0.2, -0.15) is 13.2 Å². The molecule has 178 valence electrons. The van der Waals surface area contributed by atoms with Gasteiger partial charge in [0.25, 0.3) is 0 Å². The van der Waals surface area contributed by atoms with Crippen LogP contribution in [-0.4, -0.2) is 61.7 Å². The van der Waals surface area contributed by atoms with Crippen LogP contribution in [0, 0.1) is 0 Å². The Balaban J connectivity index is 0.00000512. The zero-order valence-corrected chi connectivity index (χ0v) is 20.7. The molecule has 0 atom stereocenters. The van der Waals surface area contributed by atoms with Gasteiger partial charge in [0.15, 0.2) is 5.96 Å². The van der Waals surface area contributed by atoms with E-state index >= 15 is 0 Å². The van der Waals surface area contributed by atoms with Crippen molar-refractivity contribution in [3.8, 4) is 11.5 Å². The van der Waals surface area contributed by atoms with Gasteiger partial charge in [0.05, 0.1) is 20.8 Å². The van der Waals surface area contributed by atoms with Crippen LogP contribution in [0.4, 0.5) is 19.1 Å². The Morgan fingerprint density at radius 2 is 1.94 bits per heavy atom. The molecule has 0 aliphatic heterocycles. The monoisotopic (exact) mass is 568 g/mol. The van der Waals surface area contributed by atoms with Gasteiger partial charge in [0, 0.05) is 44.5 Å². The summed E-state index contributed by atoms with van der Waals surface area (Å²) >= 11 is 0. The van der Waals surface area contributed by atoms with Crippen molar-refractivity contribution >= 4 is 35.9 Å². The Morgan fingerprint density at radius 1 is 1.19 bits per heavy atom. The van der Waals surface area contributed by atoms with Gasteiger partial charge in [0.1, 0.15) is 17.2 Å². The summed E-state index contributed by atoms with van der Waals surface area (Å²) in [5.74, 6) is 1.95. The Hall–Kier alpha value is -2.51. The van der Waals surface area contributed by atoms with Gasteiger partial charge in [-0.1, -0.05) is 0 Å². The van der Waals surface area contributed by atoms with E-state index < -0.39 is 11.9 Å². The number of guanidine groups is 1. The molecule has 0 radical (unpaired) electrons. The number of benzene rings is 1. The van der Waals surface area contributed by atoms with Crippen molar-refractivity contribution in [3.63, 3.8) is 0 Å². The molecule has 0 aliphatic rings. The van der Waals surface area contributed by atoms with Gasteiger partial charge in [-0.15, -0.1) is 24.0 Å². The third kappa shape index (κ3) is 8.20. The molecule has 0 amide bonds. The van der Waals surface area contributed by atoms with Crippen molar-refractivity contribution in [2.45, 2.75) is 19.6 Å². The second kappa shape index (κ2) is 13.1. The number of anilines is 1. The summed E-state index contributed by atoms with van der Waals surface area (Å²) in [5.41, 5.74) is -0.0399. The maximum atomic E-state index is 12.7. The van der Waals surface area contributed by atoms with Crippen LogP contribution in [-0.2, 0) is 12.7 Å². The molecule has 2 aromatic rings. The van der Waals surface area contributed by atoms with Crippen molar-refractivity contribution < 1.29 is 22.6 Å². The number of nitrogens with zero attached hydrogens (tertiary/aromatic N) is 4. The molecule has 32 heavy (non-hydrogen) atoms. The van der Waals surface area contributed by atoms with Crippen LogP contribution < -0.4 is 20.1 Å². The third-order valence-electron chi connectivity index (χ3n) is 4.20. The highest BCUT2D eigenvalue weighted by molar-refractivity contribution is 14.0. The van der Waals surface area contributed by atoms with E-state index in [0.717, 1.165) is 17.8 Å². The van der Waals surface area contributed by atoms with Crippen molar-refractivity contribution in [3.05, 3.63) is 41.7 Å². The summed E-state index contributed by atoms with van der Waals surface area (Å²) in [4.78, 5) is 13.7. The number of nitrogens with one attached hydrogen (secondary N) is 2. The highest BCUT2D eigenvalue weighted by Gasteiger charge is 2.32. The molecule has 1 aromatic carbocycles. The van der Waals surface area contributed by atoms with Gasteiger partial charge in [-0.3, -0.25) is 4.99 Å². The van der Waals surface area contributed by atoms with Gasteiger partial charge >= 0.3 is 6.18 Å². The lowest BCUT2D eigenvalue weighted by molar-refractivity contribution is -0.141. The van der Waals surface area contributed by atoms with Gasteiger partial charge < -0.3 is 25.0 Å². The molecule has 0 unspecified atom stereocenters. The quantitative estimate of drug-likeness (QED) is 0.207. The van der Waals surface area contributed by atoms with Crippen molar-refractivity contribution in [2.24, 2.45) is 4.99 Å². The number of aliphatic imine (C=N–C) groups is 1. The fourth-order valence-corrected chi connectivity index (χ4v) is 2.71. The number of aromatic nitrogens is 2. The topological polar surface area (TPSA) is 83.9 Å². The molecule has 1 aromatic heterocycles. The highest BCUT2D eigenvalue weighted by atomic mass is 127. The zero-order chi connectivity index (χ0) is 22.9. The predicted molar refractivity (Wildman–Crippen MR) is 128 cm³/mol. The van der Waals surface area contributed by atoms with Crippen molar-refractivity contribution in [2.75, 3.05) is 46.2 Å². The first kappa shape index (κ1) is 27.5. The average molecular weight is 568 g/mol. The number of ether oxygens (including phenoxy) is 2. The number of hydrogen-bond donors (Lipinski definition) is 2. The number of hydrogen-bond acceptors (Lipinski definition) is 6. The molecule has 0 aliphatic carbocycles. The fourth-order valence-electron chi connectivity index (χ4n) is 2.71. The van der Waals surface area contributed by atoms with E-state index in [9.17, 15) is 13.2 Å². The van der Waals surface area contributed by atoms with E-state index in [1.807, 2.05) is 37.1 Å². The van der Waals surface area contributed by atoms with Crippen LogP contribution >= 0.6 is 24.0 Å². The predicted octanol–water partition coefficient (Wildman–Crippen LogP) is 3.64. The molecule has 1 heterocycles. The molecular weight excluding hydrogens is 540 g/mol. The smallest absolute Gasteiger partial charge is 0.433 e. The van der Waals surface area contributed by atoms with E-state index in [-0.39, 0.29) is 36.5 Å². The van der Waals surface area contributed by atoms with E-state index in [0.29, 0.717) is 37.1 Å². The van der Waals surface area contributed by atoms with E-state index in [1.165, 1.54) is 0 Å². The molecule has 2 N–H and O–H groups in total. The minimum atomic E-state index is -4.51. The maximum Gasteiger partial charge on any atom is 0.433 e. The molecule has 2 rings (SSSR count). The lowest BCUT2D eigenvalue weighted by Gasteiger charge is -2.23. The molecule has 12 heteroatoms. The second-order valence-electron chi connectivity index (χ2n) is 6.46. The molecule has 0 saturated heterocycles. The minimum Gasteiger partial charge on any atom is -0.497 e. The molecule has 0 fully saturated rings. The summed E-state index contributed by atoms with van der Waals surface area (Å²) in [6.07, 6.45) is -3.44. The summed E-state index contributed by atoms with van der Waals surface area (Å²) in [5, 5.41) is 5.96. The highest BCUT2D eigenvalue weighted by Crippen LogP contribution is 2.27. The molecule has 0 spiro atoms. The Labute approximate surface area is 202 Å². The summed E-state index contributed by atoms with van der Waals surface area (Å²) in [6.45, 7) is 3.73. The number of halogens is 4. The normalized spacial score (nSPS) is 11.4. The minimum absolute atomic E-state index is 0. The average Bonchev–Trinajstić information content (AvgIpc) is 2.75. The van der Waals surface area contributed by atoms with Gasteiger partial charge in [-0.25, -0.2) is 9.97 Å². The van der Waals surface area contributed by atoms with Crippen LogP contribution in [0.5, 0.6) is 11.5 Å². The second-order valence-corrected chi connectivity index (χ2v) is 6.46. The van der Waals surface area contributed by atoms with Crippen molar-refractivity contribution in [1.29, 1.82) is 0 Å². The summed E-state index contributed by atoms with van der Waals surface area (Å²) in [6, 6.07) is 6.42. The number of methoxy groups -OCH3 is 2. The first-order valence-electron chi connectivity index (χ1n) is 9.63. The number of rotatable bonds is 9. The first-order chi connectivity index (χ1) is 14.8. The Kier molecular flexibility index (Phi) is 11.3. The zero-order valence-electron chi connectivity index (χ0n) is 18.4. The molecule has 8 nitrogen and oxygen atoms in total. The molecular formula is C20H28F3IN6O2. The lowest BCUT2D eigenvalue weighted by atomic mass is 10.2. The van der Waals surface area contributed by atoms with E-state index in [1.54, 1.807) is 14.2 Å². The summed E-state index contributed by atoms with van der Waals surface area (Å²) in [7, 11) is 5.07. The van der Waals surface area contributed by atoms with Crippen LogP contribution in [0.15, 0.2) is 35.5 Å².